The molecule has 0 spiro atoms. The van der Waals surface area contributed by atoms with Crippen molar-refractivity contribution in [3.8, 4) is 0 Å². The summed E-state index contributed by atoms with van der Waals surface area (Å²) in [4.78, 5) is 22.9. The fraction of sp³-hybridized carbons (Fsp3) is 0.800. The van der Waals surface area contributed by atoms with E-state index in [2.05, 4.69) is 0 Å². The normalized spacial score (nSPS) is 17.2. The Morgan fingerprint density at radius 3 is 2.18 bits per heavy atom. The number of rotatable bonds is 4. The van der Waals surface area contributed by atoms with Gasteiger partial charge in [0.2, 0.25) is 0 Å². The Bertz CT molecular complexity index is 300. The van der Waals surface area contributed by atoms with Crippen molar-refractivity contribution < 1.29 is 22.8 Å². The van der Waals surface area contributed by atoms with Crippen LogP contribution in [0, 0.1) is 0 Å². The lowest BCUT2D eigenvalue weighted by molar-refractivity contribution is -0.188. The number of nitrogens with zero attached hydrogens (tertiary/aromatic N) is 1. The second kappa shape index (κ2) is 5.71. The molecule has 0 aromatic carbocycles. The molecule has 0 aromatic heterocycles. The average Bonchev–Trinajstić information content (AvgIpc) is 2.76. The van der Waals surface area contributed by atoms with Gasteiger partial charge in [0.1, 0.15) is 0 Å². The Kier molecular flexibility index (Phi) is 4.80. The van der Waals surface area contributed by atoms with Crippen molar-refractivity contribution in [3.63, 3.8) is 0 Å². The first-order chi connectivity index (χ1) is 7.86. The van der Waals surface area contributed by atoms with Crippen LogP contribution in [0.4, 0.5) is 13.2 Å². The van der Waals surface area contributed by atoms with Crippen LogP contribution in [0.15, 0.2) is 0 Å². The molecule has 0 unspecified atom stereocenters. The van der Waals surface area contributed by atoms with Crippen molar-refractivity contribution in [1.82, 2.24) is 4.90 Å². The van der Waals surface area contributed by atoms with Gasteiger partial charge >= 0.3 is 12.1 Å². The van der Waals surface area contributed by atoms with Gasteiger partial charge in [0.05, 0.1) is 12.4 Å². The standard InChI is InChI=1S/C10H13ClF3NO2/c11-5-8(16)6-15(7-3-1-2-4-7)9(17)10(12,13)14/h7H,1-6H2. The van der Waals surface area contributed by atoms with Crippen LogP contribution < -0.4 is 0 Å². The molecule has 0 bridgehead atoms. The minimum atomic E-state index is -4.94. The van der Waals surface area contributed by atoms with Crippen LogP contribution in [-0.4, -0.2) is 41.2 Å². The molecule has 1 fully saturated rings. The maximum absolute atomic E-state index is 12.4. The van der Waals surface area contributed by atoms with Crippen molar-refractivity contribution in [2.45, 2.75) is 37.9 Å². The number of Topliss-reactive ketones (excluding diaryl/α,β-unsaturated/α-hetero) is 1. The fourth-order valence-electron chi connectivity index (χ4n) is 1.98. The van der Waals surface area contributed by atoms with E-state index in [9.17, 15) is 22.8 Å². The Labute approximate surface area is 102 Å². The van der Waals surface area contributed by atoms with Crippen molar-refractivity contribution >= 4 is 23.3 Å². The van der Waals surface area contributed by atoms with Gasteiger partial charge in [0.25, 0.3) is 0 Å². The summed E-state index contributed by atoms with van der Waals surface area (Å²) in [7, 11) is 0. The minimum Gasteiger partial charge on any atom is -0.325 e. The highest BCUT2D eigenvalue weighted by Gasteiger charge is 2.45. The van der Waals surface area contributed by atoms with Gasteiger partial charge in [-0.25, -0.2) is 0 Å². The quantitative estimate of drug-likeness (QED) is 0.735. The van der Waals surface area contributed by atoms with E-state index in [0.29, 0.717) is 17.7 Å². The summed E-state index contributed by atoms with van der Waals surface area (Å²) in [5, 5.41) is 0. The van der Waals surface area contributed by atoms with E-state index < -0.39 is 30.5 Å². The average molecular weight is 272 g/mol. The van der Waals surface area contributed by atoms with Crippen LogP contribution >= 0.6 is 11.6 Å². The summed E-state index contributed by atoms with van der Waals surface area (Å²) in [5.74, 6) is -2.90. The summed E-state index contributed by atoms with van der Waals surface area (Å²) < 4.78 is 37.1. The molecule has 98 valence electrons. The van der Waals surface area contributed by atoms with Crippen molar-refractivity contribution in [2.75, 3.05) is 12.4 Å². The molecular weight excluding hydrogens is 259 g/mol. The molecule has 0 saturated heterocycles. The van der Waals surface area contributed by atoms with E-state index in [0.717, 1.165) is 12.8 Å². The number of halogens is 4. The number of ketones is 1. The predicted octanol–water partition coefficient (Wildman–Crippen LogP) is 2.13. The second-order valence-corrected chi connectivity index (χ2v) is 4.31. The zero-order chi connectivity index (χ0) is 13.1. The van der Waals surface area contributed by atoms with E-state index in [1.807, 2.05) is 0 Å². The van der Waals surface area contributed by atoms with Gasteiger partial charge in [-0.05, 0) is 12.8 Å². The highest BCUT2D eigenvalue weighted by atomic mass is 35.5. The van der Waals surface area contributed by atoms with Gasteiger partial charge in [-0.15, -0.1) is 11.6 Å². The lowest BCUT2D eigenvalue weighted by atomic mass is 10.2. The topological polar surface area (TPSA) is 37.4 Å². The summed E-state index contributed by atoms with van der Waals surface area (Å²) >= 11 is 5.25. The van der Waals surface area contributed by atoms with Crippen molar-refractivity contribution in [2.24, 2.45) is 0 Å². The molecule has 0 heterocycles. The van der Waals surface area contributed by atoms with E-state index in [1.165, 1.54) is 0 Å². The molecule has 0 aromatic rings. The summed E-state index contributed by atoms with van der Waals surface area (Å²) in [6.07, 6.45) is -2.35. The third-order valence-corrected chi connectivity index (χ3v) is 3.06. The molecule has 0 atom stereocenters. The predicted molar refractivity (Wildman–Crippen MR) is 55.8 cm³/mol. The number of alkyl halides is 4. The van der Waals surface area contributed by atoms with Crippen LogP contribution in [0.1, 0.15) is 25.7 Å². The van der Waals surface area contributed by atoms with Gasteiger partial charge < -0.3 is 4.90 Å². The highest BCUT2D eigenvalue weighted by molar-refractivity contribution is 6.28. The first kappa shape index (κ1) is 14.3. The van der Waals surface area contributed by atoms with E-state index in [-0.39, 0.29) is 5.88 Å². The highest BCUT2D eigenvalue weighted by Crippen LogP contribution is 2.27. The number of carbonyl (C=O) groups excluding carboxylic acids is 2. The van der Waals surface area contributed by atoms with Gasteiger partial charge in [-0.2, -0.15) is 13.2 Å². The molecular formula is C10H13ClF3NO2. The van der Waals surface area contributed by atoms with Crippen LogP contribution in [0.2, 0.25) is 0 Å². The molecule has 1 saturated carbocycles. The van der Waals surface area contributed by atoms with Crippen LogP contribution in [-0.2, 0) is 9.59 Å². The Morgan fingerprint density at radius 2 is 1.76 bits per heavy atom. The smallest absolute Gasteiger partial charge is 0.325 e. The number of hydrogen-bond donors (Lipinski definition) is 0. The van der Waals surface area contributed by atoms with E-state index in [4.69, 9.17) is 11.6 Å². The largest absolute Gasteiger partial charge is 0.471 e. The SMILES string of the molecule is O=C(CCl)CN(C(=O)C(F)(F)F)C1CCCC1. The molecule has 0 aliphatic heterocycles. The van der Waals surface area contributed by atoms with Gasteiger partial charge in [0.15, 0.2) is 5.78 Å². The Hall–Kier alpha value is -0.780. The summed E-state index contributed by atoms with van der Waals surface area (Å²) in [6, 6.07) is -0.490. The van der Waals surface area contributed by atoms with Gasteiger partial charge in [0, 0.05) is 6.04 Å². The molecule has 0 N–H and O–H groups in total. The first-order valence-corrected chi connectivity index (χ1v) is 5.85. The van der Waals surface area contributed by atoms with Crippen LogP contribution in [0.5, 0.6) is 0 Å². The van der Waals surface area contributed by atoms with E-state index >= 15 is 0 Å². The third-order valence-electron chi connectivity index (χ3n) is 2.76. The second-order valence-electron chi connectivity index (χ2n) is 4.04. The maximum Gasteiger partial charge on any atom is 0.471 e. The molecule has 1 amide bonds. The monoisotopic (exact) mass is 271 g/mol. The lowest BCUT2D eigenvalue weighted by Crippen LogP contribution is -2.48. The van der Waals surface area contributed by atoms with Crippen molar-refractivity contribution in [1.29, 1.82) is 0 Å². The molecule has 0 radical (unpaired) electrons. The van der Waals surface area contributed by atoms with E-state index in [1.54, 1.807) is 0 Å². The van der Waals surface area contributed by atoms with Crippen LogP contribution in [0.3, 0.4) is 0 Å². The van der Waals surface area contributed by atoms with Crippen LogP contribution in [0.25, 0.3) is 0 Å². The van der Waals surface area contributed by atoms with Gasteiger partial charge in [-0.3, -0.25) is 9.59 Å². The molecule has 17 heavy (non-hydrogen) atoms. The molecule has 1 aliphatic rings. The zero-order valence-corrected chi connectivity index (χ0v) is 9.85. The number of carbonyl (C=O) groups is 2. The summed E-state index contributed by atoms with van der Waals surface area (Å²) in [5.41, 5.74) is 0. The zero-order valence-electron chi connectivity index (χ0n) is 9.10. The molecule has 7 heteroatoms. The fourth-order valence-corrected chi connectivity index (χ4v) is 2.06. The Balaban J connectivity index is 2.78. The third kappa shape index (κ3) is 3.87. The minimum absolute atomic E-state index is 0.381. The molecule has 1 rings (SSSR count). The number of amides is 1. The van der Waals surface area contributed by atoms with Gasteiger partial charge in [-0.1, -0.05) is 12.8 Å². The maximum atomic E-state index is 12.4. The van der Waals surface area contributed by atoms with Crippen molar-refractivity contribution in [3.05, 3.63) is 0 Å². The molecule has 3 nitrogen and oxygen atoms in total. The lowest BCUT2D eigenvalue weighted by Gasteiger charge is -2.28. The molecule has 1 aliphatic carbocycles. The Morgan fingerprint density at radius 1 is 1.24 bits per heavy atom. The number of hydrogen-bond acceptors (Lipinski definition) is 2. The summed E-state index contributed by atoms with van der Waals surface area (Å²) in [6.45, 7) is -0.549. The first-order valence-electron chi connectivity index (χ1n) is 5.31.